The van der Waals surface area contributed by atoms with Gasteiger partial charge in [0.2, 0.25) is 0 Å². The second-order valence-electron chi connectivity index (χ2n) is 5.18. The van der Waals surface area contributed by atoms with Crippen LogP contribution < -0.4 is 4.74 Å². The van der Waals surface area contributed by atoms with Gasteiger partial charge in [0.15, 0.2) is 11.6 Å². The molecule has 1 heterocycles. The number of ether oxygens (including phenoxy) is 2. The third kappa shape index (κ3) is 4.12. The Morgan fingerprint density at radius 1 is 1.17 bits per heavy atom. The lowest BCUT2D eigenvalue weighted by molar-refractivity contribution is 0.0753. The number of hydrogen-bond acceptors (Lipinski definition) is 4. The zero-order valence-corrected chi connectivity index (χ0v) is 13.4. The number of nitrogens with zero attached hydrogens (tertiary/aromatic N) is 2. The van der Waals surface area contributed by atoms with Crippen LogP contribution in [0.25, 0.3) is 0 Å². The van der Waals surface area contributed by atoms with Crippen LogP contribution >= 0.6 is 0 Å². The zero-order chi connectivity index (χ0) is 16.8. The van der Waals surface area contributed by atoms with Crippen molar-refractivity contribution in [1.29, 1.82) is 0 Å². The van der Waals surface area contributed by atoms with Crippen LogP contribution in [0.1, 0.15) is 23.7 Å². The van der Waals surface area contributed by atoms with Crippen molar-refractivity contribution in [1.82, 2.24) is 9.80 Å². The quantitative estimate of drug-likeness (QED) is 0.855. The molecule has 0 radical (unpaired) electrons. The second-order valence-corrected chi connectivity index (χ2v) is 5.18. The number of carbonyl (C=O) groups excluding carboxylic acids is 2. The molecule has 1 fully saturated rings. The number of methoxy groups -OCH3 is 1. The molecule has 1 aliphatic rings. The Bertz CT molecular complexity index is 579. The van der Waals surface area contributed by atoms with Crippen molar-refractivity contribution < 1.29 is 23.5 Å². The molecule has 2 amide bonds. The Balaban J connectivity index is 2.03. The van der Waals surface area contributed by atoms with Crippen molar-refractivity contribution in [2.75, 3.05) is 39.9 Å². The predicted molar refractivity (Wildman–Crippen MR) is 82.1 cm³/mol. The fourth-order valence-corrected chi connectivity index (χ4v) is 2.50. The van der Waals surface area contributed by atoms with Gasteiger partial charge in [-0.1, -0.05) is 0 Å². The van der Waals surface area contributed by atoms with Gasteiger partial charge >= 0.3 is 6.09 Å². The summed E-state index contributed by atoms with van der Waals surface area (Å²) in [6.07, 6.45) is 0.292. The molecule has 0 atom stereocenters. The SMILES string of the molecule is CCOC(=O)N1CCCN(C(=O)c2ccc(OC)c(F)c2)CC1. The largest absolute Gasteiger partial charge is 0.494 e. The highest BCUT2D eigenvalue weighted by atomic mass is 19.1. The molecule has 126 valence electrons. The lowest BCUT2D eigenvalue weighted by atomic mass is 10.1. The highest BCUT2D eigenvalue weighted by Gasteiger charge is 2.23. The van der Waals surface area contributed by atoms with Crippen molar-refractivity contribution in [3.63, 3.8) is 0 Å². The lowest BCUT2D eigenvalue weighted by Crippen LogP contribution is -2.37. The number of carbonyl (C=O) groups is 2. The smallest absolute Gasteiger partial charge is 0.409 e. The summed E-state index contributed by atoms with van der Waals surface area (Å²) in [7, 11) is 1.37. The molecule has 0 aliphatic carbocycles. The first kappa shape index (κ1) is 17.1. The molecule has 6 nitrogen and oxygen atoms in total. The van der Waals surface area contributed by atoms with Crippen molar-refractivity contribution in [2.24, 2.45) is 0 Å². The van der Waals surface area contributed by atoms with E-state index >= 15 is 0 Å². The van der Waals surface area contributed by atoms with E-state index in [2.05, 4.69) is 0 Å². The maximum atomic E-state index is 13.7. The first-order valence-corrected chi connectivity index (χ1v) is 7.61. The summed E-state index contributed by atoms with van der Waals surface area (Å²) >= 11 is 0. The number of benzene rings is 1. The van der Waals surface area contributed by atoms with E-state index in [9.17, 15) is 14.0 Å². The van der Waals surface area contributed by atoms with E-state index in [0.717, 1.165) is 0 Å². The average molecular weight is 324 g/mol. The minimum absolute atomic E-state index is 0.103. The van der Waals surface area contributed by atoms with Crippen molar-refractivity contribution in [3.05, 3.63) is 29.6 Å². The first-order chi connectivity index (χ1) is 11.1. The Labute approximate surface area is 134 Å². The number of hydrogen-bond donors (Lipinski definition) is 0. The molecule has 0 saturated carbocycles. The van der Waals surface area contributed by atoms with Gasteiger partial charge in [0, 0.05) is 31.7 Å². The minimum atomic E-state index is -0.568. The molecule has 0 N–H and O–H groups in total. The van der Waals surface area contributed by atoms with Crippen LogP contribution in [0.4, 0.5) is 9.18 Å². The molecular formula is C16H21FN2O4. The fraction of sp³-hybridized carbons (Fsp3) is 0.500. The van der Waals surface area contributed by atoms with E-state index in [1.54, 1.807) is 16.7 Å². The van der Waals surface area contributed by atoms with E-state index in [4.69, 9.17) is 9.47 Å². The summed E-state index contributed by atoms with van der Waals surface area (Å²) < 4.78 is 23.6. The summed E-state index contributed by atoms with van der Waals surface area (Å²) in [6, 6.07) is 4.15. The van der Waals surface area contributed by atoms with Gasteiger partial charge in [-0.05, 0) is 31.5 Å². The van der Waals surface area contributed by atoms with Crippen LogP contribution in [-0.4, -0.2) is 61.7 Å². The third-order valence-electron chi connectivity index (χ3n) is 3.71. The molecule has 0 bridgehead atoms. The van der Waals surface area contributed by atoms with Gasteiger partial charge in [0.25, 0.3) is 5.91 Å². The van der Waals surface area contributed by atoms with E-state index in [0.29, 0.717) is 39.2 Å². The molecule has 23 heavy (non-hydrogen) atoms. The summed E-state index contributed by atoms with van der Waals surface area (Å²) in [4.78, 5) is 27.5. The minimum Gasteiger partial charge on any atom is -0.494 e. The molecule has 7 heteroatoms. The maximum Gasteiger partial charge on any atom is 0.409 e. The maximum absolute atomic E-state index is 13.7. The van der Waals surface area contributed by atoms with Gasteiger partial charge in [0.1, 0.15) is 0 Å². The predicted octanol–water partition coefficient (Wildman–Crippen LogP) is 2.14. The third-order valence-corrected chi connectivity index (χ3v) is 3.71. The fourth-order valence-electron chi connectivity index (χ4n) is 2.50. The molecule has 1 aromatic carbocycles. The molecule has 0 spiro atoms. The monoisotopic (exact) mass is 324 g/mol. The lowest BCUT2D eigenvalue weighted by Gasteiger charge is -2.22. The summed E-state index contributed by atoms with van der Waals surface area (Å²) in [6.45, 7) is 3.93. The van der Waals surface area contributed by atoms with Crippen LogP contribution in [0.3, 0.4) is 0 Å². The normalized spacial score (nSPS) is 15.1. The van der Waals surface area contributed by atoms with Crippen LogP contribution in [0.15, 0.2) is 18.2 Å². The molecular weight excluding hydrogens is 303 g/mol. The van der Waals surface area contributed by atoms with Gasteiger partial charge in [-0.2, -0.15) is 0 Å². The van der Waals surface area contributed by atoms with Crippen molar-refractivity contribution >= 4 is 12.0 Å². The van der Waals surface area contributed by atoms with Crippen LogP contribution in [-0.2, 0) is 4.74 Å². The van der Waals surface area contributed by atoms with Gasteiger partial charge < -0.3 is 19.3 Å². The van der Waals surface area contributed by atoms with Crippen molar-refractivity contribution in [3.8, 4) is 5.75 Å². The number of halogens is 1. The first-order valence-electron chi connectivity index (χ1n) is 7.61. The molecule has 0 aromatic heterocycles. The summed E-state index contributed by atoms with van der Waals surface area (Å²) in [5.41, 5.74) is 0.271. The van der Waals surface area contributed by atoms with Gasteiger partial charge in [-0.15, -0.1) is 0 Å². The molecule has 0 unspecified atom stereocenters. The van der Waals surface area contributed by atoms with E-state index in [-0.39, 0.29) is 23.3 Å². The van der Waals surface area contributed by atoms with Crippen LogP contribution in [0, 0.1) is 5.82 Å². The molecule has 1 aliphatic heterocycles. The highest BCUT2D eigenvalue weighted by Crippen LogP contribution is 2.19. The zero-order valence-electron chi connectivity index (χ0n) is 13.4. The van der Waals surface area contributed by atoms with Crippen molar-refractivity contribution in [2.45, 2.75) is 13.3 Å². The van der Waals surface area contributed by atoms with Crippen LogP contribution in [0.2, 0.25) is 0 Å². The Kier molecular flexibility index (Phi) is 5.78. The van der Waals surface area contributed by atoms with Gasteiger partial charge in [-0.3, -0.25) is 4.79 Å². The highest BCUT2D eigenvalue weighted by molar-refractivity contribution is 5.94. The Morgan fingerprint density at radius 3 is 2.52 bits per heavy atom. The van der Waals surface area contributed by atoms with Gasteiger partial charge in [0.05, 0.1) is 13.7 Å². The Morgan fingerprint density at radius 2 is 1.87 bits per heavy atom. The van der Waals surface area contributed by atoms with E-state index in [1.165, 1.54) is 25.3 Å². The number of rotatable bonds is 3. The standard InChI is InChI=1S/C16H21FN2O4/c1-3-23-16(21)19-8-4-7-18(9-10-19)15(20)12-5-6-14(22-2)13(17)11-12/h5-6,11H,3-4,7-10H2,1-2H3. The van der Waals surface area contributed by atoms with Crippen LogP contribution in [0.5, 0.6) is 5.75 Å². The number of amides is 2. The topological polar surface area (TPSA) is 59.1 Å². The van der Waals surface area contributed by atoms with E-state index < -0.39 is 5.82 Å². The molecule has 2 rings (SSSR count). The molecule has 1 aromatic rings. The Hall–Kier alpha value is -2.31. The second kappa shape index (κ2) is 7.80. The summed E-state index contributed by atoms with van der Waals surface area (Å²) in [5.74, 6) is -0.718. The van der Waals surface area contributed by atoms with Gasteiger partial charge in [-0.25, -0.2) is 9.18 Å². The average Bonchev–Trinajstić information content (AvgIpc) is 2.80. The summed E-state index contributed by atoms with van der Waals surface area (Å²) in [5, 5.41) is 0. The molecule has 1 saturated heterocycles. The van der Waals surface area contributed by atoms with E-state index in [1.807, 2.05) is 0 Å².